The maximum atomic E-state index is 13.1. The Bertz CT molecular complexity index is 1420. The molecule has 0 amide bonds. The molecule has 2 saturated heterocycles. The Morgan fingerprint density at radius 1 is 0.844 bits per heavy atom. The molecule has 0 N–H and O–H groups in total. The van der Waals surface area contributed by atoms with E-state index in [4.69, 9.17) is 37.5 Å². The summed E-state index contributed by atoms with van der Waals surface area (Å²) in [5, 5.41) is -0.512. The van der Waals surface area contributed by atoms with Crippen LogP contribution in [0, 0.1) is 0 Å². The Balaban J connectivity index is 1.26. The van der Waals surface area contributed by atoms with Crippen LogP contribution in [0.2, 0.25) is 0 Å². The molecular formula is C32H38B3O9P. The molecule has 3 aliphatic rings. The molecule has 0 radical (unpaired) electrons. The van der Waals surface area contributed by atoms with E-state index in [9.17, 15) is 4.57 Å². The van der Waals surface area contributed by atoms with E-state index in [-0.39, 0.29) is 31.4 Å². The first kappa shape index (κ1) is 32.4. The van der Waals surface area contributed by atoms with E-state index in [0.717, 1.165) is 34.6 Å². The molecule has 6 rings (SSSR count). The van der Waals surface area contributed by atoms with E-state index in [2.05, 4.69) is 0 Å². The van der Waals surface area contributed by atoms with Crippen molar-refractivity contribution in [3.05, 3.63) is 95.6 Å². The van der Waals surface area contributed by atoms with Crippen molar-refractivity contribution in [3.8, 4) is 11.5 Å². The van der Waals surface area contributed by atoms with Crippen molar-refractivity contribution in [2.75, 3.05) is 34.5 Å². The van der Waals surface area contributed by atoms with E-state index >= 15 is 0 Å². The van der Waals surface area contributed by atoms with Gasteiger partial charge in [0, 0.05) is 0 Å². The second-order valence-electron chi connectivity index (χ2n) is 11.7. The van der Waals surface area contributed by atoms with Gasteiger partial charge in [0.25, 0.3) is 0 Å². The Morgan fingerprint density at radius 3 is 2.00 bits per heavy atom. The van der Waals surface area contributed by atoms with Crippen molar-refractivity contribution in [2.45, 2.75) is 54.3 Å². The molecule has 9 nitrogen and oxygen atoms in total. The molecule has 0 aromatic heterocycles. The first-order valence-corrected chi connectivity index (χ1v) is 16.5. The fourth-order valence-electron chi connectivity index (χ4n) is 6.32. The number of ether oxygens (including phenoxy) is 6. The fourth-order valence-corrected chi connectivity index (χ4v) is 7.17. The summed E-state index contributed by atoms with van der Waals surface area (Å²) in [5.74, 6) is 1.48. The van der Waals surface area contributed by atoms with Crippen LogP contribution in [0.1, 0.15) is 29.5 Å². The summed E-state index contributed by atoms with van der Waals surface area (Å²) < 4.78 is 60.7. The Labute approximate surface area is 267 Å². The van der Waals surface area contributed by atoms with Crippen LogP contribution in [-0.4, -0.2) is 91.8 Å². The molecule has 0 bridgehead atoms. The van der Waals surface area contributed by atoms with Gasteiger partial charge in [-0.05, 0) is 0 Å². The molecule has 13 heteroatoms. The van der Waals surface area contributed by atoms with E-state index in [1.54, 1.807) is 21.3 Å². The molecule has 234 valence electrons. The third kappa shape index (κ3) is 7.08. The summed E-state index contributed by atoms with van der Waals surface area (Å²) >= 11 is 0. The molecule has 1 unspecified atom stereocenters. The Hall–Kier alpha value is -2.56. The third-order valence-electron chi connectivity index (χ3n) is 8.78. The number of hydrogen-bond donors (Lipinski definition) is 0. The van der Waals surface area contributed by atoms with E-state index in [1.807, 2.05) is 100 Å². The second-order valence-corrected chi connectivity index (χ2v) is 12.7. The van der Waals surface area contributed by atoms with Crippen LogP contribution < -0.4 is 9.47 Å². The molecule has 0 saturated carbocycles. The normalized spacial score (nSPS) is 25.4. The average molecular weight is 630 g/mol. The zero-order valence-corrected chi connectivity index (χ0v) is 27.0. The van der Waals surface area contributed by atoms with Crippen LogP contribution in [0.3, 0.4) is 0 Å². The van der Waals surface area contributed by atoms with Crippen LogP contribution in [0.15, 0.2) is 78.9 Å². The van der Waals surface area contributed by atoms with Crippen LogP contribution in [0.4, 0.5) is 0 Å². The first-order valence-electron chi connectivity index (χ1n) is 15.3. The molecule has 6 atom stereocenters. The minimum atomic E-state index is -2.86. The number of methoxy groups -OCH3 is 3. The molecule has 45 heavy (non-hydrogen) atoms. The van der Waals surface area contributed by atoms with Crippen LogP contribution >= 0.6 is 8.25 Å². The van der Waals surface area contributed by atoms with Crippen molar-refractivity contribution in [1.29, 1.82) is 0 Å². The third-order valence-corrected chi connectivity index (χ3v) is 9.68. The zero-order valence-electron chi connectivity index (χ0n) is 26.0. The van der Waals surface area contributed by atoms with E-state index in [0.29, 0.717) is 6.42 Å². The predicted octanol–water partition coefficient (Wildman–Crippen LogP) is 3.35. The summed E-state index contributed by atoms with van der Waals surface area (Å²) in [6, 6.07) is 25.9. The van der Waals surface area contributed by atoms with Gasteiger partial charge in [-0.2, -0.15) is 0 Å². The Kier molecular flexibility index (Phi) is 10.1. The fraction of sp³-hybridized carbons (Fsp3) is 0.438. The molecule has 3 aromatic carbocycles. The van der Waals surface area contributed by atoms with Crippen LogP contribution in [-0.2, 0) is 38.2 Å². The van der Waals surface area contributed by atoms with Gasteiger partial charge in [0.05, 0.1) is 0 Å². The van der Waals surface area contributed by atoms with Gasteiger partial charge in [-0.15, -0.1) is 0 Å². The molecule has 3 aromatic rings. The minimum absolute atomic E-state index is 0.0543. The van der Waals surface area contributed by atoms with Crippen molar-refractivity contribution < 1.29 is 42.0 Å². The van der Waals surface area contributed by atoms with Crippen molar-refractivity contribution in [2.24, 2.45) is 0 Å². The van der Waals surface area contributed by atoms with Gasteiger partial charge < -0.3 is 0 Å². The van der Waals surface area contributed by atoms with Gasteiger partial charge in [0.1, 0.15) is 0 Å². The molecule has 2 fully saturated rings. The van der Waals surface area contributed by atoms with Gasteiger partial charge in [0.2, 0.25) is 0 Å². The number of rotatable bonds is 14. The molecule has 3 aliphatic heterocycles. The number of benzene rings is 3. The molecular weight excluding hydrogens is 592 g/mol. The van der Waals surface area contributed by atoms with Gasteiger partial charge in [-0.3, -0.25) is 0 Å². The molecule has 1 spiro atoms. The van der Waals surface area contributed by atoms with Gasteiger partial charge in [-0.1, -0.05) is 0 Å². The van der Waals surface area contributed by atoms with Crippen molar-refractivity contribution in [1.82, 2.24) is 0 Å². The summed E-state index contributed by atoms with van der Waals surface area (Å²) in [4.78, 5) is 0. The summed E-state index contributed by atoms with van der Waals surface area (Å²) in [6.45, 7) is 4.28. The van der Waals surface area contributed by atoms with Gasteiger partial charge in [0.15, 0.2) is 0 Å². The van der Waals surface area contributed by atoms with Crippen LogP contribution in [0.25, 0.3) is 0 Å². The predicted molar refractivity (Wildman–Crippen MR) is 174 cm³/mol. The Morgan fingerprint density at radius 2 is 1.44 bits per heavy atom. The van der Waals surface area contributed by atoms with Gasteiger partial charge in [-0.25, -0.2) is 0 Å². The van der Waals surface area contributed by atoms with Gasteiger partial charge >= 0.3 is 268 Å². The zero-order chi connectivity index (χ0) is 31.4. The second kappa shape index (κ2) is 14.1. The molecule has 3 heterocycles. The van der Waals surface area contributed by atoms with E-state index in [1.165, 1.54) is 0 Å². The number of hydrogen-bond acceptors (Lipinski definition) is 9. The quantitative estimate of drug-likeness (QED) is 0.151. The maximum absolute atomic E-state index is 13.1. The van der Waals surface area contributed by atoms with E-state index < -0.39 is 31.5 Å². The topological polar surface area (TPSA) is 90.9 Å². The molecule has 0 aliphatic carbocycles. The summed E-state index contributed by atoms with van der Waals surface area (Å²) in [5.41, 5.74) is 1.73. The van der Waals surface area contributed by atoms with Crippen LogP contribution in [0.5, 0.6) is 11.5 Å². The summed E-state index contributed by atoms with van der Waals surface area (Å²) in [6.07, 6.45) is -0.117. The van der Waals surface area contributed by atoms with Crippen molar-refractivity contribution >= 4 is 29.7 Å². The van der Waals surface area contributed by atoms with Crippen molar-refractivity contribution in [3.63, 3.8) is 0 Å². The SMILES string of the molecule is B[C@H]1C[C@@H](OC)[C@@H](CO[PH](=O)O[C@@H]2CC3(B=B3)O[C@@H]2COC(c2ccccc2)(c2ccc(OC)cc2)c2ccc(OC)cc2)O1. The summed E-state index contributed by atoms with van der Waals surface area (Å²) in [7, 11) is 4.06. The monoisotopic (exact) mass is 630 g/mol. The average Bonchev–Trinajstić information content (AvgIpc) is 3.60. The standard InChI is InChI=1S/C32H38B3O9P/c1-37-24-13-9-22(10-14-24)32(21-7-5-4-6-8-21,23-11-15-25(38-2)16-12-23)40-19-29-27(18-31(43-29)34-35-31)44-45(36)41-20-28-26(39-3)17-30(33)42-28/h4-16,26-30,45H,17-20,33H2,1-3H3/t26-,27-,28-,29-,30-/m1/s1. The first-order chi connectivity index (χ1) is 21.9.